The molecule has 0 aliphatic rings. The van der Waals surface area contributed by atoms with Crippen molar-refractivity contribution in [3.05, 3.63) is 99.5 Å². The molecular formula is C22H19Cl2N3O3S. The average molecular weight is 476 g/mol. The molecule has 3 aromatic carbocycles. The van der Waals surface area contributed by atoms with E-state index in [1.165, 1.54) is 10.5 Å². The van der Waals surface area contributed by atoms with Crippen molar-refractivity contribution in [2.75, 3.05) is 10.6 Å². The maximum Gasteiger partial charge on any atom is 0.271 e. The number of sulfonamides is 1. The monoisotopic (exact) mass is 475 g/mol. The third-order valence-corrected chi connectivity index (χ3v) is 6.15. The van der Waals surface area contributed by atoms with E-state index in [1.54, 1.807) is 66.7 Å². The highest BCUT2D eigenvalue weighted by atomic mass is 35.5. The number of carbonyl (C=O) groups is 1. The smallest absolute Gasteiger partial charge is 0.267 e. The molecule has 0 spiro atoms. The van der Waals surface area contributed by atoms with Crippen molar-refractivity contribution in [2.45, 2.75) is 6.54 Å². The van der Waals surface area contributed by atoms with Gasteiger partial charge in [0.25, 0.3) is 5.91 Å². The molecule has 0 radical (unpaired) electrons. The van der Waals surface area contributed by atoms with Crippen LogP contribution in [0, 0.1) is 0 Å². The first-order valence-electron chi connectivity index (χ1n) is 9.15. The van der Waals surface area contributed by atoms with Crippen molar-refractivity contribution in [3.8, 4) is 0 Å². The number of halogens is 2. The lowest BCUT2D eigenvalue weighted by atomic mass is 10.1. The molecule has 0 bridgehead atoms. The lowest BCUT2D eigenvalue weighted by Gasteiger charge is -2.22. The Bertz CT molecular complexity index is 1180. The van der Waals surface area contributed by atoms with Crippen LogP contribution in [-0.4, -0.2) is 26.8 Å². The van der Waals surface area contributed by atoms with Crippen LogP contribution in [-0.2, 0) is 16.6 Å². The highest BCUT2D eigenvalue weighted by molar-refractivity contribution is 7.92. The summed E-state index contributed by atoms with van der Waals surface area (Å²) in [6, 6.07) is 20.5. The van der Waals surface area contributed by atoms with Gasteiger partial charge in [-0.2, -0.15) is 5.10 Å². The molecule has 3 rings (SSSR count). The summed E-state index contributed by atoms with van der Waals surface area (Å²) in [6.07, 6.45) is 2.53. The van der Waals surface area contributed by atoms with Crippen molar-refractivity contribution in [1.82, 2.24) is 5.43 Å². The molecule has 3 aromatic rings. The van der Waals surface area contributed by atoms with Gasteiger partial charge in [-0.1, -0.05) is 59.6 Å². The second kappa shape index (κ2) is 9.96. The van der Waals surface area contributed by atoms with Crippen LogP contribution in [0.4, 0.5) is 5.69 Å². The van der Waals surface area contributed by atoms with Crippen molar-refractivity contribution in [2.24, 2.45) is 5.10 Å². The molecule has 0 aliphatic heterocycles. The van der Waals surface area contributed by atoms with Crippen LogP contribution in [0.15, 0.2) is 77.9 Å². The first-order valence-corrected chi connectivity index (χ1v) is 11.8. The highest BCUT2D eigenvalue weighted by Gasteiger charge is 2.17. The van der Waals surface area contributed by atoms with Crippen LogP contribution in [0.5, 0.6) is 0 Å². The van der Waals surface area contributed by atoms with Crippen LogP contribution in [0.2, 0.25) is 10.0 Å². The molecular weight excluding hydrogens is 457 g/mol. The van der Waals surface area contributed by atoms with E-state index in [0.29, 0.717) is 26.9 Å². The summed E-state index contributed by atoms with van der Waals surface area (Å²) in [7, 11) is -3.47. The van der Waals surface area contributed by atoms with E-state index in [0.717, 1.165) is 11.8 Å². The Kier molecular flexibility index (Phi) is 7.33. The van der Waals surface area contributed by atoms with Gasteiger partial charge in [-0.25, -0.2) is 13.8 Å². The number of hydrogen-bond donors (Lipinski definition) is 1. The molecule has 0 saturated heterocycles. The van der Waals surface area contributed by atoms with Gasteiger partial charge in [0.15, 0.2) is 0 Å². The Balaban J connectivity index is 1.69. The van der Waals surface area contributed by atoms with E-state index >= 15 is 0 Å². The van der Waals surface area contributed by atoms with Crippen LogP contribution >= 0.6 is 23.2 Å². The summed E-state index contributed by atoms with van der Waals surface area (Å²) < 4.78 is 25.7. The third kappa shape index (κ3) is 6.07. The lowest BCUT2D eigenvalue weighted by molar-refractivity contribution is 0.0955. The van der Waals surface area contributed by atoms with E-state index < -0.39 is 15.9 Å². The summed E-state index contributed by atoms with van der Waals surface area (Å²) in [5.74, 6) is -0.422. The van der Waals surface area contributed by atoms with Crippen molar-refractivity contribution >= 4 is 51.0 Å². The van der Waals surface area contributed by atoms with Crippen LogP contribution < -0.4 is 9.73 Å². The maximum atomic E-state index is 12.3. The molecule has 0 aromatic heterocycles. The van der Waals surface area contributed by atoms with Crippen molar-refractivity contribution < 1.29 is 13.2 Å². The molecule has 31 heavy (non-hydrogen) atoms. The SMILES string of the molecule is CS(=O)(=O)N(Cc1ccc(C(=O)N/N=C/c2c(Cl)cccc2Cl)cc1)c1ccccc1. The Hall–Kier alpha value is -2.87. The zero-order chi connectivity index (χ0) is 22.4. The van der Waals surface area contributed by atoms with Gasteiger partial charge in [-0.15, -0.1) is 0 Å². The second-order valence-corrected chi connectivity index (χ2v) is 9.36. The number of para-hydroxylation sites is 1. The maximum absolute atomic E-state index is 12.3. The molecule has 1 N–H and O–H groups in total. The van der Waals surface area contributed by atoms with Crippen molar-refractivity contribution in [3.63, 3.8) is 0 Å². The first-order chi connectivity index (χ1) is 14.8. The van der Waals surface area contributed by atoms with Gasteiger partial charge in [0.1, 0.15) is 0 Å². The fourth-order valence-electron chi connectivity index (χ4n) is 2.78. The Morgan fingerprint density at radius 2 is 1.58 bits per heavy atom. The third-order valence-electron chi connectivity index (χ3n) is 4.35. The number of carbonyl (C=O) groups excluding carboxylic acids is 1. The Morgan fingerprint density at radius 3 is 2.16 bits per heavy atom. The van der Waals surface area contributed by atoms with Gasteiger partial charge in [0.2, 0.25) is 10.0 Å². The van der Waals surface area contributed by atoms with E-state index in [1.807, 2.05) is 6.07 Å². The van der Waals surface area contributed by atoms with Gasteiger partial charge in [0, 0.05) is 11.1 Å². The molecule has 9 heteroatoms. The average Bonchev–Trinajstić information content (AvgIpc) is 2.74. The second-order valence-electron chi connectivity index (χ2n) is 6.64. The number of nitrogens with zero attached hydrogens (tertiary/aromatic N) is 2. The summed E-state index contributed by atoms with van der Waals surface area (Å²) in [5, 5.41) is 4.74. The highest BCUT2D eigenvalue weighted by Crippen LogP contribution is 2.22. The van der Waals surface area contributed by atoms with Crippen LogP contribution in [0.1, 0.15) is 21.5 Å². The predicted octanol–water partition coefficient (Wildman–Crippen LogP) is 4.72. The number of hydrogen-bond acceptors (Lipinski definition) is 4. The van der Waals surface area contributed by atoms with Gasteiger partial charge in [-0.3, -0.25) is 9.10 Å². The zero-order valence-electron chi connectivity index (χ0n) is 16.5. The minimum Gasteiger partial charge on any atom is -0.267 e. The van der Waals surface area contributed by atoms with E-state index in [9.17, 15) is 13.2 Å². The molecule has 0 fully saturated rings. The largest absolute Gasteiger partial charge is 0.271 e. The minimum atomic E-state index is -3.47. The summed E-state index contributed by atoms with van der Waals surface area (Å²) >= 11 is 12.1. The van der Waals surface area contributed by atoms with E-state index in [2.05, 4.69) is 10.5 Å². The van der Waals surface area contributed by atoms with Gasteiger partial charge in [-0.05, 0) is 42.0 Å². The molecule has 0 atom stereocenters. The number of anilines is 1. The lowest BCUT2D eigenvalue weighted by Crippen LogP contribution is -2.29. The number of nitrogens with one attached hydrogen (secondary N) is 1. The molecule has 0 heterocycles. The predicted molar refractivity (Wildman–Crippen MR) is 125 cm³/mol. The van der Waals surface area contributed by atoms with Gasteiger partial charge in [0.05, 0.1) is 34.7 Å². The van der Waals surface area contributed by atoms with E-state index in [4.69, 9.17) is 23.2 Å². The number of benzene rings is 3. The standard InChI is InChI=1S/C22H19Cl2N3O3S/c1-31(29,30)27(18-6-3-2-4-7-18)15-16-10-12-17(13-11-16)22(28)26-25-14-19-20(23)8-5-9-21(19)24/h2-14H,15H2,1H3,(H,26,28)/b25-14+. The molecule has 1 amide bonds. The quantitative estimate of drug-likeness (QED) is 0.396. The molecule has 0 unspecified atom stereocenters. The molecule has 0 saturated carbocycles. The van der Waals surface area contributed by atoms with Crippen molar-refractivity contribution in [1.29, 1.82) is 0 Å². The zero-order valence-corrected chi connectivity index (χ0v) is 18.8. The van der Waals surface area contributed by atoms with Gasteiger partial charge < -0.3 is 0 Å². The first kappa shape index (κ1) is 22.8. The number of amides is 1. The summed E-state index contributed by atoms with van der Waals surface area (Å²) in [6.45, 7) is 0.147. The number of hydrazone groups is 1. The van der Waals surface area contributed by atoms with E-state index in [-0.39, 0.29) is 6.54 Å². The Labute approximate surface area is 191 Å². The topological polar surface area (TPSA) is 78.8 Å². The summed E-state index contributed by atoms with van der Waals surface area (Å²) in [5.41, 5.74) is 4.60. The van der Waals surface area contributed by atoms with Crippen LogP contribution in [0.25, 0.3) is 0 Å². The Morgan fingerprint density at radius 1 is 0.968 bits per heavy atom. The number of rotatable bonds is 7. The van der Waals surface area contributed by atoms with Gasteiger partial charge >= 0.3 is 0 Å². The molecule has 160 valence electrons. The minimum absolute atomic E-state index is 0.147. The molecule has 0 aliphatic carbocycles. The molecule has 6 nitrogen and oxygen atoms in total. The fraction of sp³-hybridized carbons (Fsp3) is 0.0909. The summed E-state index contributed by atoms with van der Waals surface area (Å²) in [4.78, 5) is 12.3. The van der Waals surface area contributed by atoms with Crippen LogP contribution in [0.3, 0.4) is 0 Å². The fourth-order valence-corrected chi connectivity index (χ4v) is 4.16. The normalized spacial score (nSPS) is 11.5.